The number of hydrogen-bond donors (Lipinski definition) is 2. The van der Waals surface area contributed by atoms with Crippen LogP contribution in [0, 0.1) is 0 Å². The summed E-state index contributed by atoms with van der Waals surface area (Å²) in [4.78, 5) is 40.4. The molecular formula is C38H32N2O5S. The predicted molar refractivity (Wildman–Crippen MR) is 183 cm³/mol. The number of nitrogens with one attached hydrogen (secondary N) is 2. The first-order valence-electron chi connectivity index (χ1n) is 14.5. The van der Waals surface area contributed by atoms with Crippen LogP contribution in [0.1, 0.15) is 26.3 Å². The highest BCUT2D eigenvalue weighted by atomic mass is 32.2. The van der Waals surface area contributed by atoms with E-state index in [9.17, 15) is 14.4 Å². The zero-order chi connectivity index (χ0) is 32.3. The SMILES string of the molecule is COc1ccc(/C=C(\NC(=O)c2ccccc2)C(=O)Nc2cccc(SCC(=O)c3ccc(-c4ccccc4)cc3)c2)c(OC)c1. The van der Waals surface area contributed by atoms with E-state index in [-0.39, 0.29) is 17.2 Å². The second-order valence-corrected chi connectivity index (χ2v) is 11.2. The molecule has 5 aromatic carbocycles. The molecule has 0 saturated carbocycles. The molecule has 2 N–H and O–H groups in total. The molecule has 5 aromatic rings. The van der Waals surface area contributed by atoms with Gasteiger partial charge in [-0.05, 0) is 59.7 Å². The molecule has 0 aromatic heterocycles. The summed E-state index contributed by atoms with van der Waals surface area (Å²) in [5, 5.41) is 5.62. The Morgan fingerprint density at radius 2 is 1.39 bits per heavy atom. The maximum atomic E-state index is 13.6. The first-order valence-corrected chi connectivity index (χ1v) is 15.4. The van der Waals surface area contributed by atoms with Crippen molar-refractivity contribution in [3.05, 3.63) is 150 Å². The quantitative estimate of drug-likeness (QED) is 0.0834. The van der Waals surface area contributed by atoms with Gasteiger partial charge in [-0.15, -0.1) is 11.8 Å². The fourth-order valence-corrected chi connectivity index (χ4v) is 5.46. The minimum atomic E-state index is -0.529. The van der Waals surface area contributed by atoms with Crippen LogP contribution in [-0.2, 0) is 4.79 Å². The number of ether oxygens (including phenoxy) is 2. The average Bonchev–Trinajstić information content (AvgIpc) is 3.11. The fourth-order valence-electron chi connectivity index (χ4n) is 4.61. The Kier molecular flexibility index (Phi) is 10.7. The number of amides is 2. The van der Waals surface area contributed by atoms with E-state index in [0.717, 1.165) is 16.0 Å². The average molecular weight is 629 g/mol. The lowest BCUT2D eigenvalue weighted by molar-refractivity contribution is -0.113. The van der Waals surface area contributed by atoms with Gasteiger partial charge in [-0.3, -0.25) is 14.4 Å². The topological polar surface area (TPSA) is 93.7 Å². The lowest BCUT2D eigenvalue weighted by atomic mass is 10.0. The van der Waals surface area contributed by atoms with Gasteiger partial charge >= 0.3 is 0 Å². The van der Waals surface area contributed by atoms with Gasteiger partial charge in [-0.25, -0.2) is 0 Å². The van der Waals surface area contributed by atoms with E-state index in [4.69, 9.17) is 9.47 Å². The van der Waals surface area contributed by atoms with Gasteiger partial charge in [0.2, 0.25) is 0 Å². The summed E-state index contributed by atoms with van der Waals surface area (Å²) in [6, 6.07) is 38.6. The van der Waals surface area contributed by atoms with Crippen LogP contribution in [0.2, 0.25) is 0 Å². The third-order valence-corrected chi connectivity index (χ3v) is 8.04. The van der Waals surface area contributed by atoms with E-state index in [1.54, 1.807) is 73.8 Å². The van der Waals surface area contributed by atoms with E-state index in [0.29, 0.717) is 33.9 Å². The van der Waals surface area contributed by atoms with Gasteiger partial charge in [0.05, 0.1) is 20.0 Å². The van der Waals surface area contributed by atoms with Gasteiger partial charge in [0.25, 0.3) is 11.8 Å². The van der Waals surface area contributed by atoms with Crippen molar-refractivity contribution in [2.75, 3.05) is 25.3 Å². The molecule has 0 fully saturated rings. The summed E-state index contributed by atoms with van der Waals surface area (Å²) in [5.41, 5.74) is 4.28. The molecule has 0 aliphatic rings. The van der Waals surface area contributed by atoms with E-state index >= 15 is 0 Å². The Balaban J connectivity index is 1.29. The Morgan fingerprint density at radius 3 is 2.09 bits per heavy atom. The molecule has 0 spiro atoms. The maximum Gasteiger partial charge on any atom is 0.272 e. The standard InChI is InChI=1S/C38H32N2O5S/c1-44-32-21-20-30(36(24-32)45-2)22-34(40-37(42)29-12-7-4-8-13-29)38(43)39-31-14-9-15-33(23-31)46-25-35(41)28-18-16-27(17-19-28)26-10-5-3-6-11-26/h3-24H,25H2,1-2H3,(H,39,43)(H,40,42)/b34-22-. The lowest BCUT2D eigenvalue weighted by Gasteiger charge is -2.13. The van der Waals surface area contributed by atoms with Crippen LogP contribution in [0.15, 0.2) is 138 Å². The van der Waals surface area contributed by atoms with Crippen LogP contribution in [-0.4, -0.2) is 37.6 Å². The summed E-state index contributed by atoms with van der Waals surface area (Å²) in [6.07, 6.45) is 1.55. The molecule has 0 saturated heterocycles. The Hall–Kier alpha value is -5.60. The highest BCUT2D eigenvalue weighted by Crippen LogP contribution is 2.28. The first-order chi connectivity index (χ1) is 22.4. The third-order valence-electron chi connectivity index (χ3n) is 7.05. The van der Waals surface area contributed by atoms with Gasteiger partial charge in [0, 0.05) is 33.3 Å². The number of hydrogen-bond acceptors (Lipinski definition) is 6. The number of ketones is 1. The highest BCUT2D eigenvalue weighted by Gasteiger charge is 2.17. The lowest BCUT2D eigenvalue weighted by Crippen LogP contribution is -2.30. The predicted octanol–water partition coefficient (Wildman–Crippen LogP) is 7.76. The second kappa shape index (κ2) is 15.4. The first kappa shape index (κ1) is 31.8. The molecule has 7 nitrogen and oxygen atoms in total. The van der Waals surface area contributed by atoms with Crippen molar-refractivity contribution in [2.24, 2.45) is 0 Å². The highest BCUT2D eigenvalue weighted by molar-refractivity contribution is 8.00. The van der Waals surface area contributed by atoms with Crippen LogP contribution >= 0.6 is 11.8 Å². The summed E-state index contributed by atoms with van der Waals surface area (Å²) < 4.78 is 10.8. The third kappa shape index (κ3) is 8.31. The molecule has 230 valence electrons. The summed E-state index contributed by atoms with van der Waals surface area (Å²) >= 11 is 1.38. The molecule has 0 heterocycles. The Labute approximate surface area is 272 Å². The molecule has 0 bridgehead atoms. The Bertz CT molecular complexity index is 1860. The molecule has 0 aliphatic heterocycles. The van der Waals surface area contributed by atoms with Crippen LogP contribution in [0.25, 0.3) is 17.2 Å². The van der Waals surface area contributed by atoms with E-state index in [1.807, 2.05) is 66.7 Å². The number of benzene rings is 5. The maximum absolute atomic E-state index is 13.6. The van der Waals surface area contributed by atoms with Crippen LogP contribution in [0.5, 0.6) is 11.5 Å². The largest absolute Gasteiger partial charge is 0.497 e. The number of Topliss-reactive ketones (excluding diaryl/α,β-unsaturated/α-hetero) is 1. The van der Waals surface area contributed by atoms with Crippen molar-refractivity contribution >= 4 is 41.1 Å². The molecule has 0 atom stereocenters. The zero-order valence-electron chi connectivity index (χ0n) is 25.4. The second-order valence-electron chi connectivity index (χ2n) is 10.1. The van der Waals surface area contributed by atoms with Crippen molar-refractivity contribution < 1.29 is 23.9 Å². The van der Waals surface area contributed by atoms with Crippen molar-refractivity contribution in [1.82, 2.24) is 5.32 Å². The molecule has 0 radical (unpaired) electrons. The van der Waals surface area contributed by atoms with Gasteiger partial charge < -0.3 is 20.1 Å². The van der Waals surface area contributed by atoms with Gasteiger partial charge in [0.1, 0.15) is 17.2 Å². The minimum absolute atomic E-state index is 0.00123. The number of rotatable bonds is 12. The smallest absolute Gasteiger partial charge is 0.272 e. The van der Waals surface area contributed by atoms with Crippen molar-refractivity contribution in [3.8, 4) is 22.6 Å². The number of carbonyl (C=O) groups excluding carboxylic acids is 3. The molecular weight excluding hydrogens is 596 g/mol. The number of carbonyl (C=O) groups is 3. The summed E-state index contributed by atoms with van der Waals surface area (Å²) in [5.74, 6) is 0.327. The number of anilines is 1. The molecule has 2 amide bonds. The minimum Gasteiger partial charge on any atom is -0.497 e. The monoisotopic (exact) mass is 628 g/mol. The van der Waals surface area contributed by atoms with E-state index in [1.165, 1.54) is 18.9 Å². The summed E-state index contributed by atoms with van der Waals surface area (Å²) in [7, 11) is 3.07. The van der Waals surface area contributed by atoms with Gasteiger partial charge in [-0.2, -0.15) is 0 Å². The molecule has 46 heavy (non-hydrogen) atoms. The van der Waals surface area contributed by atoms with Crippen molar-refractivity contribution in [1.29, 1.82) is 0 Å². The van der Waals surface area contributed by atoms with Crippen molar-refractivity contribution in [2.45, 2.75) is 4.90 Å². The van der Waals surface area contributed by atoms with Crippen LogP contribution in [0.4, 0.5) is 5.69 Å². The molecule has 5 rings (SSSR count). The van der Waals surface area contributed by atoms with E-state index < -0.39 is 11.8 Å². The van der Waals surface area contributed by atoms with Crippen molar-refractivity contribution in [3.63, 3.8) is 0 Å². The molecule has 8 heteroatoms. The zero-order valence-corrected chi connectivity index (χ0v) is 26.2. The van der Waals surface area contributed by atoms with Crippen LogP contribution < -0.4 is 20.1 Å². The van der Waals surface area contributed by atoms with E-state index in [2.05, 4.69) is 10.6 Å². The summed E-state index contributed by atoms with van der Waals surface area (Å²) in [6.45, 7) is 0. The Morgan fingerprint density at radius 1 is 0.696 bits per heavy atom. The number of methoxy groups -OCH3 is 2. The molecule has 0 unspecified atom stereocenters. The van der Waals surface area contributed by atoms with Crippen LogP contribution in [0.3, 0.4) is 0 Å². The van der Waals surface area contributed by atoms with Gasteiger partial charge in [-0.1, -0.05) is 78.9 Å². The number of thioether (sulfide) groups is 1. The van der Waals surface area contributed by atoms with Gasteiger partial charge in [0.15, 0.2) is 5.78 Å². The normalized spacial score (nSPS) is 11.0. The fraction of sp³-hybridized carbons (Fsp3) is 0.0789. The molecule has 0 aliphatic carbocycles.